The summed E-state index contributed by atoms with van der Waals surface area (Å²) >= 11 is 0. The van der Waals surface area contributed by atoms with Gasteiger partial charge < -0.3 is 10.1 Å². The summed E-state index contributed by atoms with van der Waals surface area (Å²) in [7, 11) is 0. The van der Waals surface area contributed by atoms with Gasteiger partial charge in [0, 0.05) is 12.6 Å². The van der Waals surface area contributed by atoms with Crippen molar-refractivity contribution in [2.75, 3.05) is 13.2 Å². The second-order valence-corrected chi connectivity index (χ2v) is 5.07. The molecule has 0 bridgehead atoms. The summed E-state index contributed by atoms with van der Waals surface area (Å²) in [5, 5.41) is 3.62. The molecule has 1 N–H and O–H groups in total. The largest absolute Gasteiger partial charge is 0.377 e. The zero-order valence-electron chi connectivity index (χ0n) is 9.84. The second kappa shape index (κ2) is 6.49. The summed E-state index contributed by atoms with van der Waals surface area (Å²) in [5.74, 6) is 0. The lowest BCUT2D eigenvalue weighted by Gasteiger charge is -2.23. The Balaban J connectivity index is 1.47. The molecule has 0 atom stereocenters. The molecule has 0 amide bonds. The number of ether oxygens (including phenoxy) is 1. The highest BCUT2D eigenvalue weighted by Gasteiger charge is 2.15. The summed E-state index contributed by atoms with van der Waals surface area (Å²) in [6.07, 6.45) is 13.0. The van der Waals surface area contributed by atoms with E-state index in [-0.39, 0.29) is 0 Å². The Morgan fingerprint density at radius 1 is 0.867 bits per heavy atom. The van der Waals surface area contributed by atoms with Gasteiger partial charge in [-0.15, -0.1) is 0 Å². The van der Waals surface area contributed by atoms with Crippen molar-refractivity contribution < 1.29 is 4.74 Å². The minimum atomic E-state index is 0.582. The zero-order chi connectivity index (χ0) is 10.3. The molecule has 0 heterocycles. The van der Waals surface area contributed by atoms with Gasteiger partial charge in [0.15, 0.2) is 0 Å². The van der Waals surface area contributed by atoms with E-state index < -0.39 is 0 Å². The van der Waals surface area contributed by atoms with E-state index in [9.17, 15) is 0 Å². The molecule has 0 unspecified atom stereocenters. The van der Waals surface area contributed by atoms with Gasteiger partial charge >= 0.3 is 0 Å². The predicted molar refractivity (Wildman–Crippen MR) is 63.1 cm³/mol. The standard InChI is InChI=1S/C13H25NO/c1-2-6-12(7-3-1)14-10-11-15-13-8-4-5-9-13/h12-14H,1-11H2. The summed E-state index contributed by atoms with van der Waals surface area (Å²) in [6.45, 7) is 1.97. The monoisotopic (exact) mass is 211 g/mol. The third kappa shape index (κ3) is 4.12. The number of nitrogens with one attached hydrogen (secondary N) is 1. The molecule has 88 valence electrons. The maximum Gasteiger partial charge on any atom is 0.0594 e. The molecule has 0 radical (unpaired) electrons. The summed E-state index contributed by atoms with van der Waals surface area (Å²) in [4.78, 5) is 0. The second-order valence-electron chi connectivity index (χ2n) is 5.07. The molecule has 0 saturated heterocycles. The SMILES string of the molecule is C1CCC(NCCOC2CCCC2)CC1. The van der Waals surface area contributed by atoms with Gasteiger partial charge in [0.05, 0.1) is 12.7 Å². The van der Waals surface area contributed by atoms with Gasteiger partial charge in [-0.2, -0.15) is 0 Å². The maximum atomic E-state index is 5.83. The third-order valence-electron chi connectivity index (χ3n) is 3.80. The van der Waals surface area contributed by atoms with Crippen LogP contribution >= 0.6 is 0 Å². The first-order chi connectivity index (χ1) is 7.45. The lowest BCUT2D eigenvalue weighted by molar-refractivity contribution is 0.0585. The fourth-order valence-electron chi connectivity index (χ4n) is 2.85. The van der Waals surface area contributed by atoms with E-state index in [2.05, 4.69) is 5.32 Å². The summed E-state index contributed by atoms with van der Waals surface area (Å²) in [6, 6.07) is 0.783. The smallest absolute Gasteiger partial charge is 0.0594 e. The Bertz CT molecular complexity index is 160. The van der Waals surface area contributed by atoms with E-state index in [4.69, 9.17) is 4.74 Å². The Labute approximate surface area is 93.8 Å². The number of hydrogen-bond donors (Lipinski definition) is 1. The van der Waals surface area contributed by atoms with Crippen molar-refractivity contribution in [3.63, 3.8) is 0 Å². The van der Waals surface area contributed by atoms with Gasteiger partial charge in [-0.05, 0) is 25.7 Å². The normalized spacial score (nSPS) is 24.8. The zero-order valence-corrected chi connectivity index (χ0v) is 9.84. The van der Waals surface area contributed by atoms with Crippen LogP contribution in [0.3, 0.4) is 0 Å². The number of rotatable bonds is 5. The van der Waals surface area contributed by atoms with Crippen LogP contribution in [0.4, 0.5) is 0 Å². The van der Waals surface area contributed by atoms with Gasteiger partial charge in [0.2, 0.25) is 0 Å². The van der Waals surface area contributed by atoms with Crippen molar-refractivity contribution in [3.05, 3.63) is 0 Å². The van der Waals surface area contributed by atoms with Gasteiger partial charge in [-0.3, -0.25) is 0 Å². The van der Waals surface area contributed by atoms with E-state index in [0.29, 0.717) is 6.10 Å². The molecular formula is C13H25NO. The highest BCUT2D eigenvalue weighted by Crippen LogP contribution is 2.20. The molecular weight excluding hydrogens is 186 g/mol. The molecule has 15 heavy (non-hydrogen) atoms. The lowest BCUT2D eigenvalue weighted by atomic mass is 9.96. The molecule has 2 heteroatoms. The van der Waals surface area contributed by atoms with Crippen molar-refractivity contribution in [1.82, 2.24) is 5.32 Å². The van der Waals surface area contributed by atoms with Crippen LogP contribution in [-0.2, 0) is 4.74 Å². The fraction of sp³-hybridized carbons (Fsp3) is 1.00. The van der Waals surface area contributed by atoms with E-state index in [1.165, 1.54) is 57.8 Å². The molecule has 0 spiro atoms. The fourth-order valence-corrected chi connectivity index (χ4v) is 2.85. The highest BCUT2D eigenvalue weighted by molar-refractivity contribution is 4.72. The van der Waals surface area contributed by atoms with Crippen molar-refractivity contribution in [3.8, 4) is 0 Å². The Morgan fingerprint density at radius 3 is 2.27 bits per heavy atom. The van der Waals surface area contributed by atoms with Crippen LogP contribution in [0.1, 0.15) is 57.8 Å². The van der Waals surface area contributed by atoms with Crippen molar-refractivity contribution in [2.24, 2.45) is 0 Å². The van der Waals surface area contributed by atoms with Crippen LogP contribution in [0.5, 0.6) is 0 Å². The van der Waals surface area contributed by atoms with Gasteiger partial charge in [0.1, 0.15) is 0 Å². The third-order valence-corrected chi connectivity index (χ3v) is 3.80. The van der Waals surface area contributed by atoms with Gasteiger partial charge in [0.25, 0.3) is 0 Å². The highest BCUT2D eigenvalue weighted by atomic mass is 16.5. The maximum absolute atomic E-state index is 5.83. The first-order valence-corrected chi connectivity index (χ1v) is 6.80. The van der Waals surface area contributed by atoms with Crippen molar-refractivity contribution in [2.45, 2.75) is 69.9 Å². The first kappa shape index (κ1) is 11.4. The summed E-state index contributed by atoms with van der Waals surface area (Å²) < 4.78 is 5.83. The topological polar surface area (TPSA) is 21.3 Å². The molecule has 2 fully saturated rings. The minimum absolute atomic E-state index is 0.582. The van der Waals surface area contributed by atoms with Crippen molar-refractivity contribution >= 4 is 0 Å². The van der Waals surface area contributed by atoms with E-state index >= 15 is 0 Å². The van der Waals surface area contributed by atoms with Crippen LogP contribution in [-0.4, -0.2) is 25.3 Å². The molecule has 0 aromatic rings. The predicted octanol–water partition coefficient (Wildman–Crippen LogP) is 2.87. The van der Waals surface area contributed by atoms with E-state index in [1.807, 2.05) is 0 Å². The Morgan fingerprint density at radius 2 is 1.53 bits per heavy atom. The average Bonchev–Trinajstić information content (AvgIpc) is 2.79. The van der Waals surface area contributed by atoms with Crippen molar-refractivity contribution in [1.29, 1.82) is 0 Å². The van der Waals surface area contributed by atoms with Gasteiger partial charge in [-0.25, -0.2) is 0 Å². The minimum Gasteiger partial charge on any atom is -0.377 e. The molecule has 2 rings (SSSR count). The van der Waals surface area contributed by atoms with Crippen LogP contribution in [0.2, 0.25) is 0 Å². The molecule has 0 aliphatic heterocycles. The molecule has 2 saturated carbocycles. The first-order valence-electron chi connectivity index (χ1n) is 6.80. The van der Waals surface area contributed by atoms with Crippen LogP contribution < -0.4 is 5.32 Å². The van der Waals surface area contributed by atoms with Crippen LogP contribution in [0.25, 0.3) is 0 Å². The van der Waals surface area contributed by atoms with E-state index in [1.54, 1.807) is 0 Å². The molecule has 2 aliphatic carbocycles. The van der Waals surface area contributed by atoms with E-state index in [0.717, 1.165) is 19.2 Å². The molecule has 0 aromatic heterocycles. The number of hydrogen-bond acceptors (Lipinski definition) is 2. The Hall–Kier alpha value is -0.0800. The van der Waals surface area contributed by atoms with Crippen LogP contribution in [0, 0.1) is 0 Å². The molecule has 2 aliphatic rings. The average molecular weight is 211 g/mol. The molecule has 0 aromatic carbocycles. The van der Waals surface area contributed by atoms with Gasteiger partial charge in [-0.1, -0.05) is 32.1 Å². The van der Waals surface area contributed by atoms with Crippen LogP contribution in [0.15, 0.2) is 0 Å². The summed E-state index contributed by atoms with van der Waals surface area (Å²) in [5.41, 5.74) is 0. The lowest BCUT2D eigenvalue weighted by Crippen LogP contribution is -2.34. The quantitative estimate of drug-likeness (QED) is 0.706. The Kier molecular flexibility index (Phi) is 4.94. The molecule has 2 nitrogen and oxygen atoms in total.